The van der Waals surface area contributed by atoms with Gasteiger partial charge in [-0.15, -0.1) is 0 Å². The Balaban J connectivity index is 2.30. The highest BCUT2D eigenvalue weighted by Gasteiger charge is 2.25. The summed E-state index contributed by atoms with van der Waals surface area (Å²) >= 11 is 5.96. The number of halogens is 2. The van der Waals surface area contributed by atoms with E-state index in [0.29, 0.717) is 17.7 Å². The Hall–Kier alpha value is -1.13. The van der Waals surface area contributed by atoms with Gasteiger partial charge < -0.3 is 10.2 Å². The van der Waals surface area contributed by atoms with Gasteiger partial charge in [0.25, 0.3) is 5.91 Å². The summed E-state index contributed by atoms with van der Waals surface area (Å²) in [5, 5.41) is 3.39. The summed E-state index contributed by atoms with van der Waals surface area (Å²) < 4.78 is 13.3. The van der Waals surface area contributed by atoms with Gasteiger partial charge in [-0.3, -0.25) is 4.79 Å². The van der Waals surface area contributed by atoms with Crippen LogP contribution in [0.2, 0.25) is 5.02 Å². The summed E-state index contributed by atoms with van der Waals surface area (Å²) in [7, 11) is 0. The zero-order valence-corrected chi connectivity index (χ0v) is 11.2. The summed E-state index contributed by atoms with van der Waals surface area (Å²) in [5.41, 5.74) is 0.815. The van der Waals surface area contributed by atoms with Crippen LogP contribution in [0.3, 0.4) is 0 Å². The number of nitrogens with one attached hydrogen (secondary N) is 1. The number of nitrogens with zero attached hydrogens (tertiary/aromatic N) is 1. The zero-order valence-electron chi connectivity index (χ0n) is 10.5. The number of hydrogen-bond donors (Lipinski definition) is 1. The van der Waals surface area contributed by atoms with Crippen LogP contribution in [0.25, 0.3) is 0 Å². The van der Waals surface area contributed by atoms with Crippen molar-refractivity contribution in [2.24, 2.45) is 0 Å². The van der Waals surface area contributed by atoms with Crippen molar-refractivity contribution >= 4 is 17.5 Å². The molecule has 1 aliphatic heterocycles. The van der Waals surface area contributed by atoms with Crippen LogP contribution in [0.4, 0.5) is 4.39 Å². The van der Waals surface area contributed by atoms with Crippen LogP contribution in [0.5, 0.6) is 0 Å². The lowest BCUT2D eigenvalue weighted by Crippen LogP contribution is -2.52. The average Bonchev–Trinajstić information content (AvgIpc) is 2.33. The molecule has 98 valence electrons. The van der Waals surface area contributed by atoms with Crippen molar-refractivity contribution in [1.82, 2.24) is 10.2 Å². The quantitative estimate of drug-likeness (QED) is 0.849. The molecule has 2 rings (SSSR count). The first-order valence-electron chi connectivity index (χ1n) is 5.98. The van der Waals surface area contributed by atoms with Gasteiger partial charge in [-0.05, 0) is 31.5 Å². The van der Waals surface area contributed by atoms with Gasteiger partial charge in [-0.25, -0.2) is 4.39 Å². The van der Waals surface area contributed by atoms with Crippen molar-refractivity contribution in [3.63, 3.8) is 0 Å². The van der Waals surface area contributed by atoms with E-state index in [0.717, 1.165) is 13.1 Å². The minimum atomic E-state index is -0.384. The second kappa shape index (κ2) is 5.24. The largest absolute Gasteiger partial charge is 0.333 e. The van der Waals surface area contributed by atoms with Crippen LogP contribution in [0.1, 0.15) is 22.8 Å². The maximum Gasteiger partial charge on any atom is 0.255 e. The topological polar surface area (TPSA) is 32.3 Å². The lowest BCUT2D eigenvalue weighted by Gasteiger charge is -2.34. The molecule has 1 amide bonds. The molecule has 0 bridgehead atoms. The van der Waals surface area contributed by atoms with E-state index in [9.17, 15) is 9.18 Å². The fourth-order valence-corrected chi connectivity index (χ4v) is 2.35. The van der Waals surface area contributed by atoms with Gasteiger partial charge in [0.2, 0.25) is 0 Å². The Morgan fingerprint density at radius 3 is 2.94 bits per heavy atom. The number of aryl methyl sites for hydroxylation is 1. The van der Waals surface area contributed by atoms with Crippen molar-refractivity contribution in [3.8, 4) is 0 Å². The molecule has 1 N–H and O–H groups in total. The Labute approximate surface area is 111 Å². The van der Waals surface area contributed by atoms with E-state index in [2.05, 4.69) is 5.32 Å². The van der Waals surface area contributed by atoms with Crippen molar-refractivity contribution in [2.75, 3.05) is 19.6 Å². The maximum absolute atomic E-state index is 13.3. The fourth-order valence-electron chi connectivity index (χ4n) is 2.12. The van der Waals surface area contributed by atoms with Gasteiger partial charge in [-0.1, -0.05) is 11.6 Å². The summed E-state index contributed by atoms with van der Waals surface area (Å²) in [6, 6.07) is 2.85. The standard InChI is InChI=1S/C13H16ClFN2O/c1-8-5-10(11(14)6-12(8)15)13(18)17-4-3-16-7-9(17)2/h5-6,9,16H,3-4,7H2,1-2H3/t9-/m1/s1. The lowest BCUT2D eigenvalue weighted by molar-refractivity contribution is 0.0656. The van der Waals surface area contributed by atoms with Gasteiger partial charge in [0.1, 0.15) is 5.82 Å². The highest BCUT2D eigenvalue weighted by atomic mass is 35.5. The van der Waals surface area contributed by atoms with E-state index >= 15 is 0 Å². The molecular formula is C13H16ClFN2O. The first-order valence-corrected chi connectivity index (χ1v) is 6.36. The minimum Gasteiger partial charge on any atom is -0.333 e. The third-order valence-corrected chi connectivity index (χ3v) is 3.55. The highest BCUT2D eigenvalue weighted by molar-refractivity contribution is 6.33. The molecule has 1 aromatic rings. The van der Waals surface area contributed by atoms with E-state index in [-0.39, 0.29) is 22.8 Å². The molecule has 1 atom stereocenters. The number of benzene rings is 1. The first kappa shape index (κ1) is 13.3. The predicted octanol–water partition coefficient (Wildman–Crippen LogP) is 2.22. The molecule has 1 aromatic carbocycles. The van der Waals surface area contributed by atoms with E-state index in [1.165, 1.54) is 12.1 Å². The number of piperazine rings is 1. The summed E-state index contributed by atoms with van der Waals surface area (Å²) in [6.07, 6.45) is 0. The molecule has 3 nitrogen and oxygen atoms in total. The van der Waals surface area contributed by atoms with E-state index in [1.807, 2.05) is 6.92 Å². The third-order valence-electron chi connectivity index (χ3n) is 3.24. The Bertz CT molecular complexity index is 478. The van der Waals surface area contributed by atoms with Crippen LogP contribution >= 0.6 is 11.6 Å². The predicted molar refractivity (Wildman–Crippen MR) is 69.5 cm³/mol. The molecule has 18 heavy (non-hydrogen) atoms. The average molecular weight is 271 g/mol. The van der Waals surface area contributed by atoms with E-state index in [4.69, 9.17) is 11.6 Å². The molecule has 0 saturated carbocycles. The van der Waals surface area contributed by atoms with Crippen molar-refractivity contribution in [3.05, 3.63) is 34.1 Å². The molecule has 1 fully saturated rings. The summed E-state index contributed by atoms with van der Waals surface area (Å²) in [4.78, 5) is 14.2. The summed E-state index contributed by atoms with van der Waals surface area (Å²) in [5.74, 6) is -0.512. The van der Waals surface area contributed by atoms with Crippen LogP contribution in [-0.4, -0.2) is 36.5 Å². The smallest absolute Gasteiger partial charge is 0.255 e. The van der Waals surface area contributed by atoms with Crippen LogP contribution in [0, 0.1) is 12.7 Å². The van der Waals surface area contributed by atoms with Crippen LogP contribution in [0.15, 0.2) is 12.1 Å². The lowest BCUT2D eigenvalue weighted by atomic mass is 10.1. The van der Waals surface area contributed by atoms with Gasteiger partial charge in [0, 0.05) is 25.7 Å². The van der Waals surface area contributed by atoms with Crippen molar-refractivity contribution < 1.29 is 9.18 Å². The van der Waals surface area contributed by atoms with E-state index < -0.39 is 0 Å². The molecular weight excluding hydrogens is 255 g/mol. The molecule has 1 saturated heterocycles. The van der Waals surface area contributed by atoms with Gasteiger partial charge >= 0.3 is 0 Å². The van der Waals surface area contributed by atoms with Gasteiger partial charge in [-0.2, -0.15) is 0 Å². The fraction of sp³-hybridized carbons (Fsp3) is 0.462. The molecule has 1 aliphatic rings. The molecule has 0 spiro atoms. The second-order valence-corrected chi connectivity index (χ2v) is 5.04. The monoisotopic (exact) mass is 270 g/mol. The molecule has 0 radical (unpaired) electrons. The molecule has 0 unspecified atom stereocenters. The van der Waals surface area contributed by atoms with Gasteiger partial charge in [0.05, 0.1) is 10.6 Å². The number of hydrogen-bond acceptors (Lipinski definition) is 2. The molecule has 1 heterocycles. The van der Waals surface area contributed by atoms with Crippen LogP contribution < -0.4 is 5.32 Å². The minimum absolute atomic E-state index is 0.118. The number of amides is 1. The maximum atomic E-state index is 13.3. The number of carbonyl (C=O) groups excluding carboxylic acids is 1. The number of rotatable bonds is 1. The Morgan fingerprint density at radius 2 is 2.28 bits per heavy atom. The molecule has 5 heteroatoms. The SMILES string of the molecule is Cc1cc(C(=O)N2CCNC[C@H]2C)c(Cl)cc1F. The zero-order chi connectivity index (χ0) is 13.3. The normalized spacial score (nSPS) is 20.0. The van der Waals surface area contributed by atoms with Crippen molar-refractivity contribution in [1.29, 1.82) is 0 Å². The van der Waals surface area contributed by atoms with Crippen molar-refractivity contribution in [2.45, 2.75) is 19.9 Å². The highest BCUT2D eigenvalue weighted by Crippen LogP contribution is 2.23. The van der Waals surface area contributed by atoms with Gasteiger partial charge in [0.15, 0.2) is 0 Å². The van der Waals surface area contributed by atoms with Crippen LogP contribution in [-0.2, 0) is 0 Å². The molecule has 0 aliphatic carbocycles. The van der Waals surface area contributed by atoms with E-state index in [1.54, 1.807) is 11.8 Å². The Kier molecular flexibility index (Phi) is 3.88. The third kappa shape index (κ3) is 2.49. The second-order valence-electron chi connectivity index (χ2n) is 4.63. The number of carbonyl (C=O) groups is 1. The molecule has 0 aromatic heterocycles. The summed E-state index contributed by atoms with van der Waals surface area (Å²) in [6.45, 7) is 5.79. The Morgan fingerprint density at radius 1 is 1.56 bits per heavy atom. The first-order chi connectivity index (χ1) is 8.50.